The third kappa shape index (κ3) is 3.22. The zero-order valence-corrected chi connectivity index (χ0v) is 11.6. The number of aryl methyl sites for hydroxylation is 1. The number of halogens is 1. The van der Waals surface area contributed by atoms with Crippen molar-refractivity contribution in [3.63, 3.8) is 0 Å². The molecule has 0 N–H and O–H groups in total. The highest BCUT2D eigenvalue weighted by Crippen LogP contribution is 2.17. The van der Waals surface area contributed by atoms with Gasteiger partial charge in [-0.3, -0.25) is 4.79 Å². The number of hydrogen-bond acceptors (Lipinski definition) is 2. The van der Waals surface area contributed by atoms with Crippen LogP contribution in [0.3, 0.4) is 0 Å². The molecule has 1 rings (SSSR count). The Kier molecular flexibility index (Phi) is 5.29. The first-order valence-electron chi connectivity index (χ1n) is 5.47. The average molecular weight is 260 g/mol. The van der Waals surface area contributed by atoms with Gasteiger partial charge in [-0.25, -0.2) is 0 Å². The molecule has 2 nitrogen and oxygen atoms in total. The van der Waals surface area contributed by atoms with Crippen molar-refractivity contribution in [2.24, 2.45) is 0 Å². The van der Waals surface area contributed by atoms with Crippen molar-refractivity contribution in [2.75, 3.05) is 12.4 Å². The number of rotatable bonds is 5. The van der Waals surface area contributed by atoms with Gasteiger partial charge in [0.05, 0.1) is 5.56 Å². The molecule has 1 heterocycles. The van der Waals surface area contributed by atoms with E-state index in [1.54, 1.807) is 11.3 Å². The minimum absolute atomic E-state index is 0.124. The van der Waals surface area contributed by atoms with E-state index in [1.807, 2.05) is 36.4 Å². The fourth-order valence-corrected chi connectivity index (χ4v) is 2.50. The molecule has 0 aliphatic carbocycles. The number of carbonyl (C=O) groups excluding carboxylic acids is 1. The standard InChI is InChI=1S/C12H18ClNOS/c1-9(2)14(6-4-5-13)12(15)11-8-16-7-10(11)3/h7-9H,4-6H2,1-3H3. The molecular weight excluding hydrogens is 242 g/mol. The second kappa shape index (κ2) is 6.26. The zero-order chi connectivity index (χ0) is 12.1. The van der Waals surface area contributed by atoms with Crippen LogP contribution >= 0.6 is 22.9 Å². The van der Waals surface area contributed by atoms with Crippen molar-refractivity contribution >= 4 is 28.8 Å². The molecular formula is C12H18ClNOS. The molecule has 0 saturated carbocycles. The molecule has 0 aliphatic rings. The van der Waals surface area contributed by atoms with Crippen molar-refractivity contribution < 1.29 is 4.79 Å². The van der Waals surface area contributed by atoms with Crippen molar-refractivity contribution in [3.05, 3.63) is 21.9 Å². The Bertz CT molecular complexity index is 349. The van der Waals surface area contributed by atoms with Crippen LogP contribution in [-0.4, -0.2) is 29.3 Å². The Balaban J connectivity index is 2.79. The van der Waals surface area contributed by atoms with E-state index < -0.39 is 0 Å². The predicted octanol–water partition coefficient (Wildman–Crippen LogP) is 3.54. The van der Waals surface area contributed by atoms with Gasteiger partial charge in [-0.1, -0.05) is 0 Å². The maximum atomic E-state index is 12.3. The van der Waals surface area contributed by atoms with E-state index in [9.17, 15) is 4.79 Å². The molecule has 0 fully saturated rings. The maximum Gasteiger partial charge on any atom is 0.255 e. The van der Waals surface area contributed by atoms with Gasteiger partial charge < -0.3 is 4.90 Å². The molecule has 0 aliphatic heterocycles. The van der Waals surface area contributed by atoms with Crippen LogP contribution in [0.4, 0.5) is 0 Å². The number of thiophene rings is 1. The van der Waals surface area contributed by atoms with Gasteiger partial charge in [-0.05, 0) is 38.1 Å². The van der Waals surface area contributed by atoms with Gasteiger partial charge in [0.2, 0.25) is 0 Å². The molecule has 90 valence electrons. The number of alkyl halides is 1. The van der Waals surface area contributed by atoms with Gasteiger partial charge in [-0.2, -0.15) is 11.3 Å². The van der Waals surface area contributed by atoms with Gasteiger partial charge in [0.1, 0.15) is 0 Å². The van der Waals surface area contributed by atoms with Crippen molar-refractivity contribution in [1.82, 2.24) is 4.90 Å². The quantitative estimate of drug-likeness (QED) is 0.741. The van der Waals surface area contributed by atoms with Gasteiger partial charge in [0.15, 0.2) is 0 Å². The third-order valence-corrected chi connectivity index (χ3v) is 3.63. The molecule has 4 heteroatoms. The Hall–Kier alpha value is -0.540. The first-order chi connectivity index (χ1) is 7.57. The minimum Gasteiger partial charge on any atom is -0.336 e. The van der Waals surface area contributed by atoms with Crippen molar-refractivity contribution in [2.45, 2.75) is 33.2 Å². The highest BCUT2D eigenvalue weighted by molar-refractivity contribution is 7.08. The third-order valence-electron chi connectivity index (χ3n) is 2.50. The monoisotopic (exact) mass is 259 g/mol. The fourth-order valence-electron chi connectivity index (χ4n) is 1.56. The number of nitrogens with zero attached hydrogens (tertiary/aromatic N) is 1. The SMILES string of the molecule is Cc1cscc1C(=O)N(CCCCl)C(C)C. The van der Waals surface area contributed by atoms with E-state index in [0.29, 0.717) is 5.88 Å². The lowest BCUT2D eigenvalue weighted by atomic mass is 10.1. The molecule has 0 bridgehead atoms. The summed E-state index contributed by atoms with van der Waals surface area (Å²) < 4.78 is 0. The average Bonchev–Trinajstić information content (AvgIpc) is 2.64. The van der Waals surface area contributed by atoms with Crippen molar-refractivity contribution in [1.29, 1.82) is 0 Å². The fraction of sp³-hybridized carbons (Fsp3) is 0.583. The highest BCUT2D eigenvalue weighted by Gasteiger charge is 2.20. The molecule has 1 aromatic rings. The summed E-state index contributed by atoms with van der Waals surface area (Å²) in [5.74, 6) is 0.720. The van der Waals surface area contributed by atoms with E-state index in [2.05, 4.69) is 0 Å². The molecule has 0 saturated heterocycles. The Morgan fingerprint density at radius 2 is 2.19 bits per heavy atom. The molecule has 1 aromatic heterocycles. The van der Waals surface area contributed by atoms with Crippen LogP contribution in [0, 0.1) is 6.92 Å². The summed E-state index contributed by atoms with van der Waals surface area (Å²) in [6.07, 6.45) is 0.842. The van der Waals surface area contributed by atoms with Crippen LogP contribution in [0.2, 0.25) is 0 Å². The molecule has 0 unspecified atom stereocenters. The van der Waals surface area contributed by atoms with Gasteiger partial charge in [-0.15, -0.1) is 11.6 Å². The van der Waals surface area contributed by atoms with E-state index in [-0.39, 0.29) is 11.9 Å². The first kappa shape index (κ1) is 13.5. The summed E-state index contributed by atoms with van der Waals surface area (Å²) in [6, 6.07) is 0.218. The smallest absolute Gasteiger partial charge is 0.255 e. The Morgan fingerprint density at radius 3 is 2.62 bits per heavy atom. The van der Waals surface area contributed by atoms with Crippen LogP contribution in [0.5, 0.6) is 0 Å². The Morgan fingerprint density at radius 1 is 1.50 bits per heavy atom. The summed E-state index contributed by atoms with van der Waals surface area (Å²) in [6.45, 7) is 6.78. The van der Waals surface area contributed by atoms with Crippen LogP contribution in [0.15, 0.2) is 10.8 Å². The summed E-state index contributed by atoms with van der Waals surface area (Å²) in [7, 11) is 0. The van der Waals surface area contributed by atoms with Gasteiger partial charge in [0, 0.05) is 23.8 Å². The number of hydrogen-bond donors (Lipinski definition) is 0. The van der Waals surface area contributed by atoms with E-state index in [4.69, 9.17) is 11.6 Å². The van der Waals surface area contributed by atoms with Crippen molar-refractivity contribution in [3.8, 4) is 0 Å². The first-order valence-corrected chi connectivity index (χ1v) is 6.95. The topological polar surface area (TPSA) is 20.3 Å². The van der Waals surface area contributed by atoms with Crippen LogP contribution < -0.4 is 0 Å². The number of carbonyl (C=O) groups is 1. The second-order valence-electron chi connectivity index (χ2n) is 4.10. The predicted molar refractivity (Wildman–Crippen MR) is 70.6 cm³/mol. The van der Waals surface area contributed by atoms with Gasteiger partial charge in [0.25, 0.3) is 5.91 Å². The molecule has 0 aromatic carbocycles. The largest absolute Gasteiger partial charge is 0.336 e. The van der Waals surface area contributed by atoms with Crippen LogP contribution in [0.25, 0.3) is 0 Å². The summed E-state index contributed by atoms with van der Waals surface area (Å²) in [5.41, 5.74) is 1.89. The Labute approximate surface area is 106 Å². The maximum absolute atomic E-state index is 12.3. The lowest BCUT2D eigenvalue weighted by Crippen LogP contribution is -2.38. The van der Waals surface area contributed by atoms with Crippen LogP contribution in [-0.2, 0) is 0 Å². The minimum atomic E-state index is 0.124. The molecule has 1 amide bonds. The summed E-state index contributed by atoms with van der Waals surface area (Å²) in [5, 5.41) is 3.93. The molecule has 16 heavy (non-hydrogen) atoms. The number of amides is 1. The summed E-state index contributed by atoms with van der Waals surface area (Å²) >= 11 is 7.25. The summed E-state index contributed by atoms with van der Waals surface area (Å²) in [4.78, 5) is 14.1. The lowest BCUT2D eigenvalue weighted by molar-refractivity contribution is 0.0706. The zero-order valence-electron chi connectivity index (χ0n) is 10.00. The molecule has 0 spiro atoms. The second-order valence-corrected chi connectivity index (χ2v) is 5.22. The lowest BCUT2D eigenvalue weighted by Gasteiger charge is -2.26. The molecule has 0 atom stereocenters. The normalized spacial score (nSPS) is 10.8. The molecule has 0 radical (unpaired) electrons. The van der Waals surface area contributed by atoms with E-state index >= 15 is 0 Å². The highest BCUT2D eigenvalue weighted by atomic mass is 35.5. The van der Waals surface area contributed by atoms with E-state index in [0.717, 1.165) is 24.1 Å². The van der Waals surface area contributed by atoms with Crippen LogP contribution in [0.1, 0.15) is 36.2 Å². The van der Waals surface area contributed by atoms with Gasteiger partial charge >= 0.3 is 0 Å². The van der Waals surface area contributed by atoms with E-state index in [1.165, 1.54) is 0 Å².